The highest BCUT2D eigenvalue weighted by Gasteiger charge is 2.19. The van der Waals surface area contributed by atoms with E-state index in [2.05, 4.69) is 21.7 Å². The summed E-state index contributed by atoms with van der Waals surface area (Å²) in [5.74, 6) is 0.757. The second-order valence-electron chi connectivity index (χ2n) is 7.05. The first-order valence-corrected chi connectivity index (χ1v) is 10.2. The van der Waals surface area contributed by atoms with Crippen molar-refractivity contribution in [1.82, 2.24) is 14.8 Å². The number of carbonyl (C=O) groups is 1. The topological polar surface area (TPSA) is 57.0 Å². The summed E-state index contributed by atoms with van der Waals surface area (Å²) >= 11 is 7.35. The second kappa shape index (κ2) is 9.42. The summed E-state index contributed by atoms with van der Waals surface area (Å²) in [6, 6.07) is 7.56. The highest BCUT2D eigenvalue weighted by Crippen LogP contribution is 2.26. The predicted molar refractivity (Wildman–Crippen MR) is 107 cm³/mol. The van der Waals surface area contributed by atoms with Crippen LogP contribution in [0.1, 0.15) is 47.0 Å². The van der Waals surface area contributed by atoms with Gasteiger partial charge in [-0.2, -0.15) is 0 Å². The summed E-state index contributed by atoms with van der Waals surface area (Å²) in [4.78, 5) is 12.0. The fourth-order valence-corrected chi connectivity index (χ4v) is 3.29. The van der Waals surface area contributed by atoms with Gasteiger partial charge in [-0.05, 0) is 51.5 Å². The molecular weight excluding hydrogens is 370 g/mol. The number of esters is 1. The molecule has 1 aromatic heterocycles. The minimum Gasteiger partial charge on any atom is -0.459 e. The first-order chi connectivity index (χ1) is 12.3. The molecule has 0 aliphatic rings. The highest BCUT2D eigenvalue weighted by molar-refractivity contribution is 7.99. The van der Waals surface area contributed by atoms with Gasteiger partial charge in [-0.25, -0.2) is 0 Å². The Kier molecular flexibility index (Phi) is 7.53. The number of nitrogens with zero attached hydrogens (tertiary/aromatic N) is 3. The molecular formula is C19H26ClN3O2S. The van der Waals surface area contributed by atoms with E-state index in [-0.39, 0.29) is 11.7 Å². The van der Waals surface area contributed by atoms with Gasteiger partial charge in [0.1, 0.15) is 5.60 Å². The van der Waals surface area contributed by atoms with E-state index < -0.39 is 5.60 Å². The van der Waals surface area contributed by atoms with Crippen LogP contribution in [0.25, 0.3) is 11.4 Å². The van der Waals surface area contributed by atoms with Crippen molar-refractivity contribution in [2.24, 2.45) is 0 Å². The van der Waals surface area contributed by atoms with E-state index in [1.54, 1.807) is 0 Å². The van der Waals surface area contributed by atoms with Crippen LogP contribution in [0.15, 0.2) is 29.4 Å². The molecule has 0 bridgehead atoms. The van der Waals surface area contributed by atoms with Crippen LogP contribution < -0.4 is 0 Å². The van der Waals surface area contributed by atoms with Crippen LogP contribution in [0, 0.1) is 0 Å². The van der Waals surface area contributed by atoms with Gasteiger partial charge >= 0.3 is 5.97 Å². The van der Waals surface area contributed by atoms with Crippen LogP contribution in [0.3, 0.4) is 0 Å². The molecule has 0 amide bonds. The van der Waals surface area contributed by atoms with Gasteiger partial charge in [0.05, 0.1) is 5.75 Å². The van der Waals surface area contributed by atoms with Gasteiger partial charge in [0.2, 0.25) is 0 Å². The van der Waals surface area contributed by atoms with Gasteiger partial charge in [-0.15, -0.1) is 10.2 Å². The molecule has 0 spiro atoms. The van der Waals surface area contributed by atoms with Crippen molar-refractivity contribution < 1.29 is 9.53 Å². The Labute approximate surface area is 164 Å². The zero-order valence-electron chi connectivity index (χ0n) is 15.8. The lowest BCUT2D eigenvalue weighted by Crippen LogP contribution is -2.25. The second-order valence-corrected chi connectivity index (χ2v) is 8.43. The zero-order valence-corrected chi connectivity index (χ0v) is 17.4. The minimum absolute atomic E-state index is 0.212. The lowest BCUT2D eigenvalue weighted by molar-refractivity contribution is -0.151. The molecule has 0 saturated carbocycles. The monoisotopic (exact) mass is 395 g/mol. The largest absolute Gasteiger partial charge is 0.459 e. The van der Waals surface area contributed by atoms with Crippen LogP contribution in [0.2, 0.25) is 5.02 Å². The Morgan fingerprint density at radius 3 is 2.50 bits per heavy atom. The van der Waals surface area contributed by atoms with E-state index >= 15 is 0 Å². The number of hydrogen-bond donors (Lipinski definition) is 0. The zero-order chi connectivity index (χ0) is 19.2. The quantitative estimate of drug-likeness (QED) is 0.348. The minimum atomic E-state index is -0.485. The predicted octanol–water partition coefficient (Wildman–Crippen LogP) is 5.22. The molecule has 26 heavy (non-hydrogen) atoms. The van der Waals surface area contributed by atoms with Crippen LogP contribution in [-0.2, 0) is 16.1 Å². The first-order valence-electron chi connectivity index (χ1n) is 8.84. The van der Waals surface area contributed by atoms with Crippen molar-refractivity contribution >= 4 is 29.3 Å². The van der Waals surface area contributed by atoms with Crippen molar-refractivity contribution in [2.45, 2.75) is 64.3 Å². The third-order valence-corrected chi connectivity index (χ3v) is 4.74. The van der Waals surface area contributed by atoms with Crippen molar-refractivity contribution in [2.75, 3.05) is 5.75 Å². The van der Waals surface area contributed by atoms with E-state index in [1.165, 1.54) is 11.8 Å². The van der Waals surface area contributed by atoms with Crippen LogP contribution >= 0.6 is 23.4 Å². The molecule has 0 unspecified atom stereocenters. The fraction of sp³-hybridized carbons (Fsp3) is 0.526. The molecule has 5 nitrogen and oxygen atoms in total. The molecule has 2 rings (SSSR count). The van der Waals surface area contributed by atoms with Crippen molar-refractivity contribution in [3.8, 4) is 11.4 Å². The maximum atomic E-state index is 12.0. The maximum Gasteiger partial charge on any atom is 0.316 e. The number of unbranched alkanes of at least 4 members (excludes halogenated alkanes) is 2. The molecule has 2 aromatic rings. The van der Waals surface area contributed by atoms with Crippen molar-refractivity contribution in [3.63, 3.8) is 0 Å². The van der Waals surface area contributed by atoms with Gasteiger partial charge in [0.25, 0.3) is 0 Å². The van der Waals surface area contributed by atoms with E-state index in [1.807, 2.05) is 45.0 Å². The van der Waals surface area contributed by atoms with Gasteiger partial charge in [-0.1, -0.05) is 43.1 Å². The summed E-state index contributed by atoms with van der Waals surface area (Å²) in [6.45, 7) is 8.57. The molecule has 0 fully saturated rings. The van der Waals surface area contributed by atoms with E-state index in [4.69, 9.17) is 16.3 Å². The van der Waals surface area contributed by atoms with E-state index in [0.717, 1.165) is 42.4 Å². The molecule has 1 aromatic carbocycles. The number of hydrogen-bond acceptors (Lipinski definition) is 5. The van der Waals surface area contributed by atoms with Gasteiger partial charge in [-0.3, -0.25) is 4.79 Å². The Balaban J connectivity index is 2.17. The van der Waals surface area contributed by atoms with Crippen LogP contribution in [-0.4, -0.2) is 32.1 Å². The summed E-state index contributed by atoms with van der Waals surface area (Å²) in [7, 11) is 0. The third kappa shape index (κ3) is 6.32. The lowest BCUT2D eigenvalue weighted by atomic mass is 10.2. The third-order valence-electron chi connectivity index (χ3n) is 3.54. The number of aromatic nitrogens is 3. The maximum absolute atomic E-state index is 12.0. The molecule has 142 valence electrons. The lowest BCUT2D eigenvalue weighted by Gasteiger charge is -2.19. The van der Waals surface area contributed by atoms with E-state index in [9.17, 15) is 4.79 Å². The normalized spacial score (nSPS) is 11.6. The number of ether oxygens (including phenoxy) is 1. The molecule has 0 aliphatic heterocycles. The smallest absolute Gasteiger partial charge is 0.316 e. The Bertz CT molecular complexity index is 723. The first kappa shape index (κ1) is 20.8. The van der Waals surface area contributed by atoms with Gasteiger partial charge in [0.15, 0.2) is 11.0 Å². The Morgan fingerprint density at radius 2 is 1.88 bits per heavy atom. The molecule has 1 heterocycles. The standard InChI is InChI=1S/C19H26ClN3O2S/c1-5-6-7-12-23-17(14-8-10-15(20)11-9-14)21-22-18(23)26-13-16(24)25-19(2,3)4/h8-11H,5-7,12-13H2,1-4H3. The Morgan fingerprint density at radius 1 is 1.19 bits per heavy atom. The van der Waals surface area contributed by atoms with Crippen LogP contribution in [0.4, 0.5) is 0 Å². The summed E-state index contributed by atoms with van der Waals surface area (Å²) in [5, 5.41) is 10.1. The molecule has 0 saturated heterocycles. The average molecular weight is 396 g/mol. The molecule has 0 radical (unpaired) electrons. The number of thioether (sulfide) groups is 1. The number of rotatable bonds is 8. The average Bonchev–Trinajstić information content (AvgIpc) is 2.95. The van der Waals surface area contributed by atoms with Gasteiger partial charge in [0, 0.05) is 17.1 Å². The number of benzene rings is 1. The summed E-state index contributed by atoms with van der Waals surface area (Å²) in [5.41, 5.74) is 0.475. The highest BCUT2D eigenvalue weighted by atomic mass is 35.5. The summed E-state index contributed by atoms with van der Waals surface area (Å²) in [6.07, 6.45) is 3.31. The Hall–Kier alpha value is -1.53. The molecule has 0 aliphatic carbocycles. The SMILES string of the molecule is CCCCCn1c(SCC(=O)OC(C)(C)C)nnc1-c1ccc(Cl)cc1. The van der Waals surface area contributed by atoms with E-state index in [0.29, 0.717) is 5.02 Å². The fourth-order valence-electron chi connectivity index (χ4n) is 2.42. The molecule has 0 N–H and O–H groups in total. The van der Waals surface area contributed by atoms with Crippen LogP contribution in [0.5, 0.6) is 0 Å². The molecule has 0 atom stereocenters. The summed E-state index contributed by atoms with van der Waals surface area (Å²) < 4.78 is 7.45. The van der Waals surface area contributed by atoms with Gasteiger partial charge < -0.3 is 9.30 Å². The van der Waals surface area contributed by atoms with Crippen molar-refractivity contribution in [3.05, 3.63) is 29.3 Å². The number of carbonyl (C=O) groups excluding carboxylic acids is 1. The number of halogens is 1. The molecule has 7 heteroatoms. The van der Waals surface area contributed by atoms with Crippen molar-refractivity contribution in [1.29, 1.82) is 0 Å².